The molecule has 0 radical (unpaired) electrons. The molecule has 0 N–H and O–H groups in total. The number of aromatic nitrogens is 3. The first kappa shape index (κ1) is 18.1. The summed E-state index contributed by atoms with van der Waals surface area (Å²) in [5, 5.41) is 10.1. The van der Waals surface area contributed by atoms with Gasteiger partial charge in [-0.1, -0.05) is 11.3 Å². The number of hydrogen-bond acceptors (Lipinski definition) is 7. The Morgan fingerprint density at radius 2 is 1.81 bits per heavy atom. The van der Waals surface area contributed by atoms with E-state index >= 15 is 0 Å². The van der Waals surface area contributed by atoms with Crippen LogP contribution < -0.4 is 4.90 Å². The number of carbonyl (C=O) groups is 2. The van der Waals surface area contributed by atoms with Gasteiger partial charge in [-0.3, -0.25) is 14.2 Å². The normalized spacial score (nSPS) is 19.4. The zero-order valence-corrected chi connectivity index (χ0v) is 16.3. The summed E-state index contributed by atoms with van der Waals surface area (Å²) in [5.74, 6) is 0.423. The number of rotatable bonds is 4. The second-order valence-electron chi connectivity index (χ2n) is 7.18. The summed E-state index contributed by atoms with van der Waals surface area (Å²) in [6.07, 6.45) is 4.33. The molecule has 0 aliphatic carbocycles. The Labute approximate surface area is 162 Å². The van der Waals surface area contributed by atoms with Gasteiger partial charge in [-0.15, -0.1) is 10.2 Å². The van der Waals surface area contributed by atoms with Gasteiger partial charge in [0.1, 0.15) is 0 Å². The second kappa shape index (κ2) is 7.77. The lowest BCUT2D eigenvalue weighted by atomic mass is 9.95. The molecule has 2 aliphatic heterocycles. The van der Waals surface area contributed by atoms with Gasteiger partial charge >= 0.3 is 0 Å². The number of nitrogens with zero attached hydrogens (tertiary/aromatic N) is 6. The van der Waals surface area contributed by atoms with Crippen molar-refractivity contribution in [3.63, 3.8) is 0 Å². The Morgan fingerprint density at radius 1 is 1.11 bits per heavy atom. The fraction of sp³-hybridized carbons (Fsp3) is 0.556. The van der Waals surface area contributed by atoms with E-state index in [0.29, 0.717) is 16.7 Å². The zero-order valence-electron chi connectivity index (χ0n) is 15.5. The third-order valence-corrected chi connectivity index (χ3v) is 6.42. The van der Waals surface area contributed by atoms with Crippen molar-refractivity contribution in [2.75, 3.05) is 51.2 Å². The van der Waals surface area contributed by atoms with Crippen LogP contribution in [-0.2, 0) is 4.79 Å². The highest BCUT2D eigenvalue weighted by Crippen LogP contribution is 2.29. The Morgan fingerprint density at radius 3 is 2.52 bits per heavy atom. The Kier molecular flexibility index (Phi) is 5.22. The van der Waals surface area contributed by atoms with Crippen LogP contribution in [0.15, 0.2) is 18.3 Å². The standard InChI is InChI=1S/C18H24N6O2S/c1-21-9-11-22(12-10-21)16(26)14-4-7-23(8-5-14)17-19-20-18(27-17)24-6-2-3-15(24)13-25/h2-3,6,13-14H,4-5,7-12H2,1H3. The fourth-order valence-electron chi connectivity index (χ4n) is 3.70. The lowest BCUT2D eigenvalue weighted by molar-refractivity contribution is -0.137. The van der Waals surface area contributed by atoms with Gasteiger partial charge in [0.15, 0.2) is 6.29 Å². The molecule has 0 saturated carbocycles. The summed E-state index contributed by atoms with van der Waals surface area (Å²) in [5.41, 5.74) is 0.564. The first-order chi connectivity index (χ1) is 13.2. The van der Waals surface area contributed by atoms with Crippen LogP contribution in [0.3, 0.4) is 0 Å². The molecule has 4 rings (SSSR count). The summed E-state index contributed by atoms with van der Waals surface area (Å²) in [4.78, 5) is 30.3. The molecule has 0 aromatic carbocycles. The van der Waals surface area contributed by atoms with E-state index in [-0.39, 0.29) is 5.92 Å². The predicted molar refractivity (Wildman–Crippen MR) is 104 cm³/mol. The highest BCUT2D eigenvalue weighted by molar-refractivity contribution is 7.17. The lowest BCUT2D eigenvalue weighted by Crippen LogP contribution is -2.50. The Balaban J connectivity index is 1.36. The van der Waals surface area contributed by atoms with Crippen molar-refractivity contribution in [3.05, 3.63) is 24.0 Å². The number of anilines is 1. The highest BCUT2D eigenvalue weighted by Gasteiger charge is 2.30. The zero-order chi connectivity index (χ0) is 18.8. The summed E-state index contributed by atoms with van der Waals surface area (Å²) < 4.78 is 1.75. The molecule has 27 heavy (non-hydrogen) atoms. The average molecular weight is 388 g/mol. The van der Waals surface area contributed by atoms with E-state index in [9.17, 15) is 9.59 Å². The maximum atomic E-state index is 12.8. The number of hydrogen-bond donors (Lipinski definition) is 0. The second-order valence-corrected chi connectivity index (χ2v) is 8.11. The molecule has 2 fully saturated rings. The summed E-state index contributed by atoms with van der Waals surface area (Å²) >= 11 is 1.47. The van der Waals surface area contributed by atoms with E-state index < -0.39 is 0 Å². The molecule has 2 aromatic rings. The molecular weight excluding hydrogens is 364 g/mol. The van der Waals surface area contributed by atoms with E-state index in [1.165, 1.54) is 11.3 Å². The monoisotopic (exact) mass is 388 g/mol. The third-order valence-electron chi connectivity index (χ3n) is 5.44. The minimum atomic E-state index is 0.114. The minimum Gasteiger partial charge on any atom is -0.347 e. The van der Waals surface area contributed by atoms with Gasteiger partial charge in [0, 0.05) is 51.4 Å². The van der Waals surface area contributed by atoms with Crippen LogP contribution in [0.2, 0.25) is 0 Å². The molecule has 1 amide bonds. The van der Waals surface area contributed by atoms with Gasteiger partial charge < -0.3 is 14.7 Å². The molecule has 2 saturated heterocycles. The molecule has 4 heterocycles. The first-order valence-electron chi connectivity index (χ1n) is 9.34. The van der Waals surface area contributed by atoms with Gasteiger partial charge in [-0.2, -0.15) is 0 Å². The van der Waals surface area contributed by atoms with E-state index in [2.05, 4.69) is 27.0 Å². The van der Waals surface area contributed by atoms with E-state index in [4.69, 9.17) is 0 Å². The molecule has 0 spiro atoms. The van der Waals surface area contributed by atoms with Crippen molar-refractivity contribution < 1.29 is 9.59 Å². The topological polar surface area (TPSA) is 74.6 Å². The number of likely N-dealkylation sites (N-methyl/N-ethyl adjacent to an activating group) is 1. The van der Waals surface area contributed by atoms with Gasteiger partial charge in [0.25, 0.3) is 0 Å². The molecule has 8 nitrogen and oxygen atoms in total. The molecule has 2 aromatic heterocycles. The molecule has 0 bridgehead atoms. The lowest BCUT2D eigenvalue weighted by Gasteiger charge is -2.37. The number of carbonyl (C=O) groups excluding carboxylic acids is 2. The average Bonchev–Trinajstić information content (AvgIpc) is 3.37. The highest BCUT2D eigenvalue weighted by atomic mass is 32.1. The summed E-state index contributed by atoms with van der Waals surface area (Å²) in [7, 11) is 2.10. The van der Waals surface area contributed by atoms with Gasteiger partial charge in [0.05, 0.1) is 5.69 Å². The minimum absolute atomic E-state index is 0.114. The molecule has 0 atom stereocenters. The van der Waals surface area contributed by atoms with E-state index in [0.717, 1.165) is 63.5 Å². The van der Waals surface area contributed by atoms with E-state index in [1.54, 1.807) is 10.6 Å². The molecule has 9 heteroatoms. The fourth-order valence-corrected chi connectivity index (χ4v) is 4.60. The number of piperazine rings is 1. The predicted octanol–water partition coefficient (Wildman–Crippen LogP) is 1.13. The van der Waals surface area contributed by atoms with Crippen molar-refractivity contribution in [3.8, 4) is 5.13 Å². The van der Waals surface area contributed by atoms with Crippen molar-refractivity contribution in [2.24, 2.45) is 5.92 Å². The van der Waals surface area contributed by atoms with Crippen molar-refractivity contribution in [1.29, 1.82) is 0 Å². The molecular formula is C18H24N6O2S. The van der Waals surface area contributed by atoms with Crippen molar-refractivity contribution in [2.45, 2.75) is 12.8 Å². The van der Waals surface area contributed by atoms with Crippen LogP contribution in [0.5, 0.6) is 0 Å². The SMILES string of the molecule is CN1CCN(C(=O)C2CCN(c3nnc(-n4cccc4C=O)s3)CC2)CC1. The first-order valence-corrected chi connectivity index (χ1v) is 10.2. The summed E-state index contributed by atoms with van der Waals surface area (Å²) in [6.45, 7) is 5.22. The van der Waals surface area contributed by atoms with Gasteiger partial charge in [-0.05, 0) is 32.0 Å². The van der Waals surface area contributed by atoms with Crippen LogP contribution in [0.25, 0.3) is 5.13 Å². The van der Waals surface area contributed by atoms with Crippen LogP contribution in [0.4, 0.5) is 5.13 Å². The van der Waals surface area contributed by atoms with E-state index in [1.807, 2.05) is 17.2 Å². The quantitative estimate of drug-likeness (QED) is 0.731. The molecule has 2 aliphatic rings. The maximum Gasteiger partial charge on any atom is 0.225 e. The summed E-state index contributed by atoms with van der Waals surface area (Å²) in [6, 6.07) is 3.57. The number of aldehydes is 1. The van der Waals surface area contributed by atoms with Crippen molar-refractivity contribution >= 4 is 28.7 Å². The van der Waals surface area contributed by atoms with Crippen LogP contribution in [0, 0.1) is 5.92 Å². The van der Waals surface area contributed by atoms with Crippen LogP contribution in [0.1, 0.15) is 23.3 Å². The van der Waals surface area contributed by atoms with Crippen molar-refractivity contribution in [1.82, 2.24) is 24.6 Å². The molecule has 144 valence electrons. The largest absolute Gasteiger partial charge is 0.347 e. The van der Waals surface area contributed by atoms with Crippen LogP contribution in [-0.4, -0.2) is 83.1 Å². The third kappa shape index (κ3) is 3.74. The molecule has 0 unspecified atom stereocenters. The maximum absolute atomic E-state index is 12.8. The Hall–Kier alpha value is -2.26. The smallest absolute Gasteiger partial charge is 0.225 e. The Bertz CT molecular complexity index is 802. The van der Waals surface area contributed by atoms with Gasteiger partial charge in [-0.25, -0.2) is 0 Å². The number of amides is 1. The number of piperidine rings is 1. The van der Waals surface area contributed by atoms with Gasteiger partial charge in [0.2, 0.25) is 16.2 Å². The van der Waals surface area contributed by atoms with Crippen LogP contribution >= 0.6 is 11.3 Å².